The van der Waals surface area contributed by atoms with Gasteiger partial charge >= 0.3 is 0 Å². The Kier molecular flexibility index (Phi) is 4.75. The van der Waals surface area contributed by atoms with E-state index in [9.17, 15) is 4.79 Å². The van der Waals surface area contributed by atoms with Gasteiger partial charge in [0.15, 0.2) is 0 Å². The van der Waals surface area contributed by atoms with Gasteiger partial charge in [0.25, 0.3) is 5.56 Å². The first-order chi connectivity index (χ1) is 12.6. The number of anilines is 1. The van der Waals surface area contributed by atoms with E-state index in [0.717, 1.165) is 37.8 Å². The average molecular weight is 375 g/mol. The van der Waals surface area contributed by atoms with E-state index in [2.05, 4.69) is 20.3 Å². The highest BCUT2D eigenvalue weighted by atomic mass is 32.1. The summed E-state index contributed by atoms with van der Waals surface area (Å²) in [6, 6.07) is 5.56. The summed E-state index contributed by atoms with van der Waals surface area (Å²) in [5.74, 6) is 1.81. The van der Waals surface area contributed by atoms with E-state index in [1.54, 1.807) is 0 Å². The summed E-state index contributed by atoms with van der Waals surface area (Å²) in [6.07, 6.45) is 0. The summed E-state index contributed by atoms with van der Waals surface area (Å²) in [5.41, 5.74) is 0.533. The number of fused-ring (bicyclic) bond motifs is 1. The molecule has 0 aromatic carbocycles. The van der Waals surface area contributed by atoms with Crippen LogP contribution in [0.2, 0.25) is 0 Å². The van der Waals surface area contributed by atoms with Gasteiger partial charge in [-0.1, -0.05) is 11.3 Å². The number of aryl methyl sites for hydroxylation is 2. The fourth-order valence-electron chi connectivity index (χ4n) is 3.11. The van der Waals surface area contributed by atoms with Gasteiger partial charge in [-0.25, -0.2) is 4.98 Å². The summed E-state index contributed by atoms with van der Waals surface area (Å²) >= 11 is 1.37. The predicted octanol–water partition coefficient (Wildman–Crippen LogP) is 1.85. The number of furan rings is 1. The van der Waals surface area contributed by atoms with Crippen LogP contribution in [0.3, 0.4) is 0 Å². The molecule has 0 bridgehead atoms. The summed E-state index contributed by atoms with van der Waals surface area (Å²) in [7, 11) is 0. The van der Waals surface area contributed by atoms with E-state index in [1.165, 1.54) is 21.9 Å². The molecule has 0 aliphatic carbocycles. The fourth-order valence-corrected chi connectivity index (χ4v) is 3.96. The van der Waals surface area contributed by atoms with Gasteiger partial charge in [-0.3, -0.25) is 9.69 Å². The van der Waals surface area contributed by atoms with Crippen molar-refractivity contribution in [2.75, 3.05) is 38.2 Å². The lowest BCUT2D eigenvalue weighted by Gasteiger charge is -2.33. The lowest BCUT2D eigenvalue weighted by Crippen LogP contribution is -2.41. The Balaban J connectivity index is 1.56. The van der Waals surface area contributed by atoms with Crippen molar-refractivity contribution in [3.8, 4) is 0 Å². The van der Waals surface area contributed by atoms with Gasteiger partial charge in [-0.2, -0.15) is 4.52 Å². The second kappa shape index (κ2) is 7.18. The van der Waals surface area contributed by atoms with Gasteiger partial charge in [0.05, 0.1) is 19.3 Å². The minimum atomic E-state index is -0.164. The van der Waals surface area contributed by atoms with Crippen LogP contribution in [0, 0.1) is 13.8 Å². The third-order valence-electron chi connectivity index (χ3n) is 4.40. The summed E-state index contributed by atoms with van der Waals surface area (Å²) in [6.45, 7) is 7.52. The Labute approximate surface area is 154 Å². The lowest BCUT2D eigenvalue weighted by molar-refractivity contribution is 0.0143. The molecule has 4 rings (SSSR count). The van der Waals surface area contributed by atoms with Gasteiger partial charge in [-0.05, 0) is 26.0 Å². The van der Waals surface area contributed by atoms with E-state index in [1.807, 2.05) is 26.0 Å². The zero-order valence-electron chi connectivity index (χ0n) is 14.8. The zero-order valence-corrected chi connectivity index (χ0v) is 15.6. The molecule has 0 amide bonds. The van der Waals surface area contributed by atoms with E-state index in [-0.39, 0.29) is 11.6 Å². The predicted molar refractivity (Wildman–Crippen MR) is 98.9 cm³/mol. The fraction of sp³-hybridized carbons (Fsp3) is 0.471. The van der Waals surface area contributed by atoms with Gasteiger partial charge in [0, 0.05) is 31.4 Å². The maximum atomic E-state index is 12.0. The average Bonchev–Trinajstić information content (AvgIpc) is 3.22. The third kappa shape index (κ3) is 3.50. The van der Waals surface area contributed by atoms with Gasteiger partial charge in [0.1, 0.15) is 11.5 Å². The Morgan fingerprint density at radius 3 is 2.85 bits per heavy atom. The van der Waals surface area contributed by atoms with Crippen LogP contribution >= 0.6 is 11.3 Å². The van der Waals surface area contributed by atoms with Crippen molar-refractivity contribution in [3.63, 3.8) is 0 Å². The molecule has 3 aromatic rings. The molecule has 1 aliphatic rings. The summed E-state index contributed by atoms with van der Waals surface area (Å²) in [4.78, 5) is 19.3. The third-order valence-corrected chi connectivity index (χ3v) is 5.26. The SMILES string of the molecule is Cc1cc(=O)n2nc(NC[C@H](c3ccc(C)o3)N3CCOCC3)sc2n1. The van der Waals surface area contributed by atoms with Crippen LogP contribution in [-0.4, -0.2) is 52.3 Å². The summed E-state index contributed by atoms with van der Waals surface area (Å²) < 4.78 is 12.7. The molecule has 8 nitrogen and oxygen atoms in total. The van der Waals surface area contributed by atoms with Crippen LogP contribution < -0.4 is 10.9 Å². The van der Waals surface area contributed by atoms with Crippen LogP contribution in [0.1, 0.15) is 23.3 Å². The molecule has 1 saturated heterocycles. The molecule has 0 radical (unpaired) electrons. The molecule has 0 unspecified atom stereocenters. The molecular weight excluding hydrogens is 354 g/mol. The highest BCUT2D eigenvalue weighted by Gasteiger charge is 2.25. The van der Waals surface area contributed by atoms with Crippen molar-refractivity contribution in [1.29, 1.82) is 0 Å². The quantitative estimate of drug-likeness (QED) is 0.728. The molecule has 1 aliphatic heterocycles. The molecule has 1 N–H and O–H groups in total. The number of ether oxygens (including phenoxy) is 1. The minimum Gasteiger partial charge on any atom is -0.465 e. The van der Waals surface area contributed by atoms with Gasteiger partial charge < -0.3 is 14.5 Å². The van der Waals surface area contributed by atoms with Crippen molar-refractivity contribution >= 4 is 21.4 Å². The number of rotatable bonds is 5. The molecule has 3 aromatic heterocycles. The monoisotopic (exact) mass is 375 g/mol. The van der Waals surface area contributed by atoms with Crippen molar-refractivity contribution in [1.82, 2.24) is 19.5 Å². The first-order valence-corrected chi connectivity index (χ1v) is 9.41. The van der Waals surface area contributed by atoms with Crippen LogP contribution in [0.4, 0.5) is 5.13 Å². The molecule has 9 heteroatoms. The number of morpholine rings is 1. The highest BCUT2D eigenvalue weighted by Crippen LogP contribution is 2.25. The Morgan fingerprint density at radius 2 is 2.12 bits per heavy atom. The molecule has 26 heavy (non-hydrogen) atoms. The maximum Gasteiger partial charge on any atom is 0.275 e. The van der Waals surface area contributed by atoms with Crippen LogP contribution in [0.15, 0.2) is 27.4 Å². The highest BCUT2D eigenvalue weighted by molar-refractivity contribution is 7.20. The normalized spacial score (nSPS) is 16.8. The number of nitrogens with one attached hydrogen (secondary N) is 1. The molecule has 4 heterocycles. The topological polar surface area (TPSA) is 84.9 Å². The second-order valence-corrected chi connectivity index (χ2v) is 7.29. The Hall–Kier alpha value is -2.23. The maximum absolute atomic E-state index is 12.0. The number of hydrogen-bond acceptors (Lipinski definition) is 8. The number of hydrogen-bond donors (Lipinski definition) is 1. The van der Waals surface area contributed by atoms with E-state index in [0.29, 0.717) is 22.3 Å². The standard InChI is InChI=1S/C17H21N5O3S/c1-11-9-15(23)22-17(19-11)26-16(20-22)18-10-13(14-4-3-12(2)25-14)21-5-7-24-8-6-21/h3-4,9,13H,5-8,10H2,1-2H3,(H,18,20)/t13-/m1/s1. The molecular formula is C17H21N5O3S. The van der Waals surface area contributed by atoms with Gasteiger partial charge in [-0.15, -0.1) is 5.10 Å². The minimum absolute atomic E-state index is 0.0750. The van der Waals surface area contributed by atoms with Crippen molar-refractivity contribution < 1.29 is 9.15 Å². The van der Waals surface area contributed by atoms with Crippen molar-refractivity contribution in [2.45, 2.75) is 19.9 Å². The smallest absolute Gasteiger partial charge is 0.275 e. The van der Waals surface area contributed by atoms with Crippen LogP contribution in [-0.2, 0) is 4.74 Å². The first kappa shape index (κ1) is 17.2. The van der Waals surface area contributed by atoms with Crippen LogP contribution in [0.25, 0.3) is 4.96 Å². The Morgan fingerprint density at radius 1 is 1.31 bits per heavy atom. The largest absolute Gasteiger partial charge is 0.465 e. The first-order valence-electron chi connectivity index (χ1n) is 8.60. The Bertz CT molecular complexity index is 957. The molecule has 1 fully saturated rings. The zero-order chi connectivity index (χ0) is 18.1. The molecule has 138 valence electrons. The van der Waals surface area contributed by atoms with E-state index in [4.69, 9.17) is 9.15 Å². The molecule has 0 spiro atoms. The lowest BCUT2D eigenvalue weighted by atomic mass is 10.1. The van der Waals surface area contributed by atoms with E-state index < -0.39 is 0 Å². The summed E-state index contributed by atoms with van der Waals surface area (Å²) in [5, 5.41) is 8.36. The molecule has 1 atom stereocenters. The van der Waals surface area contributed by atoms with Gasteiger partial charge in [0.2, 0.25) is 10.1 Å². The van der Waals surface area contributed by atoms with Crippen molar-refractivity contribution in [3.05, 3.63) is 45.8 Å². The number of aromatic nitrogens is 3. The van der Waals surface area contributed by atoms with Crippen molar-refractivity contribution in [2.24, 2.45) is 0 Å². The van der Waals surface area contributed by atoms with Crippen LogP contribution in [0.5, 0.6) is 0 Å². The number of nitrogens with zero attached hydrogens (tertiary/aromatic N) is 4. The molecule has 0 saturated carbocycles. The van der Waals surface area contributed by atoms with E-state index >= 15 is 0 Å². The second-order valence-electron chi connectivity index (χ2n) is 6.33.